The molecule has 0 spiro atoms. The molecule has 1 unspecified atom stereocenters. The summed E-state index contributed by atoms with van der Waals surface area (Å²) in [5.74, 6) is 2.17. The summed E-state index contributed by atoms with van der Waals surface area (Å²) in [6.07, 6.45) is 3.59. The fourth-order valence-corrected chi connectivity index (χ4v) is 2.54. The summed E-state index contributed by atoms with van der Waals surface area (Å²) < 4.78 is 5.57. The molecule has 0 aliphatic heterocycles. The molecule has 1 rings (SSSR count). The van der Waals surface area contributed by atoms with Crippen molar-refractivity contribution in [1.82, 2.24) is 15.5 Å². The molecule has 0 saturated heterocycles. The van der Waals surface area contributed by atoms with Gasteiger partial charge in [0.05, 0.1) is 0 Å². The molecular weight excluding hydrogens is 340 g/mol. The molecular formula is C21H36N4O2. The van der Waals surface area contributed by atoms with E-state index in [4.69, 9.17) is 4.74 Å². The summed E-state index contributed by atoms with van der Waals surface area (Å²) in [7, 11) is 5.21. The third-order valence-electron chi connectivity index (χ3n) is 4.24. The first-order valence-electron chi connectivity index (χ1n) is 9.71. The predicted molar refractivity (Wildman–Crippen MR) is 112 cm³/mol. The maximum absolute atomic E-state index is 11.6. The monoisotopic (exact) mass is 376 g/mol. The Labute approximate surface area is 164 Å². The maximum atomic E-state index is 11.6. The Morgan fingerprint density at radius 2 is 1.96 bits per heavy atom. The van der Waals surface area contributed by atoms with Crippen LogP contribution < -0.4 is 15.4 Å². The second-order valence-corrected chi connectivity index (χ2v) is 7.52. The highest BCUT2D eigenvalue weighted by molar-refractivity contribution is 5.80. The molecule has 27 heavy (non-hydrogen) atoms. The number of likely N-dealkylation sites (N-methyl/N-ethyl adjacent to an activating group) is 1. The van der Waals surface area contributed by atoms with Crippen LogP contribution in [0.3, 0.4) is 0 Å². The van der Waals surface area contributed by atoms with E-state index in [-0.39, 0.29) is 12.5 Å². The van der Waals surface area contributed by atoms with Crippen LogP contribution in [0.5, 0.6) is 5.75 Å². The third kappa shape index (κ3) is 9.87. The van der Waals surface area contributed by atoms with Crippen molar-refractivity contribution >= 4 is 11.9 Å². The van der Waals surface area contributed by atoms with Gasteiger partial charge in [-0.05, 0) is 37.0 Å². The summed E-state index contributed by atoms with van der Waals surface area (Å²) in [6, 6.07) is 8.12. The first-order chi connectivity index (χ1) is 12.8. The SMILES string of the molecule is CN=C(NCc1cccc(OCC(=O)N(C)C)c1)NC(C)CCCC(C)C. The summed E-state index contributed by atoms with van der Waals surface area (Å²) in [5.41, 5.74) is 1.07. The van der Waals surface area contributed by atoms with Gasteiger partial charge in [-0.1, -0.05) is 38.8 Å². The largest absolute Gasteiger partial charge is 0.484 e. The minimum atomic E-state index is -0.0606. The van der Waals surface area contributed by atoms with Crippen molar-refractivity contribution in [3.63, 3.8) is 0 Å². The van der Waals surface area contributed by atoms with Crippen LogP contribution >= 0.6 is 0 Å². The summed E-state index contributed by atoms with van der Waals surface area (Å²) in [6.45, 7) is 7.38. The fraction of sp³-hybridized carbons (Fsp3) is 0.619. The van der Waals surface area contributed by atoms with E-state index in [1.165, 1.54) is 17.7 Å². The van der Waals surface area contributed by atoms with E-state index in [2.05, 4.69) is 36.4 Å². The summed E-state index contributed by atoms with van der Waals surface area (Å²) in [4.78, 5) is 17.5. The quantitative estimate of drug-likeness (QED) is 0.487. The van der Waals surface area contributed by atoms with Gasteiger partial charge in [0, 0.05) is 33.7 Å². The van der Waals surface area contributed by atoms with Gasteiger partial charge in [0.1, 0.15) is 5.75 Å². The van der Waals surface area contributed by atoms with E-state index >= 15 is 0 Å². The van der Waals surface area contributed by atoms with Gasteiger partial charge in [-0.3, -0.25) is 9.79 Å². The maximum Gasteiger partial charge on any atom is 0.259 e. The second-order valence-electron chi connectivity index (χ2n) is 7.52. The molecule has 0 aliphatic carbocycles. The Morgan fingerprint density at radius 3 is 2.59 bits per heavy atom. The molecule has 1 aromatic carbocycles. The summed E-state index contributed by atoms with van der Waals surface area (Å²) >= 11 is 0. The van der Waals surface area contributed by atoms with Gasteiger partial charge >= 0.3 is 0 Å². The Balaban J connectivity index is 2.46. The minimum absolute atomic E-state index is 0.0427. The first-order valence-corrected chi connectivity index (χ1v) is 9.71. The number of carbonyl (C=O) groups is 1. The lowest BCUT2D eigenvalue weighted by atomic mass is 10.0. The molecule has 0 fully saturated rings. The standard InChI is InChI=1S/C21H36N4O2/c1-16(2)9-7-10-17(3)24-21(22-4)23-14-18-11-8-12-19(13-18)27-15-20(26)25(5)6/h8,11-13,16-17H,7,9-10,14-15H2,1-6H3,(H2,22,23,24). The lowest BCUT2D eigenvalue weighted by Gasteiger charge is -2.18. The number of benzene rings is 1. The highest BCUT2D eigenvalue weighted by Gasteiger charge is 2.07. The molecule has 152 valence electrons. The van der Waals surface area contributed by atoms with Crippen molar-refractivity contribution in [3.05, 3.63) is 29.8 Å². The Morgan fingerprint density at radius 1 is 1.22 bits per heavy atom. The fourth-order valence-electron chi connectivity index (χ4n) is 2.54. The number of rotatable bonds is 10. The van der Waals surface area contributed by atoms with E-state index in [1.54, 1.807) is 21.1 Å². The van der Waals surface area contributed by atoms with Crippen molar-refractivity contribution in [1.29, 1.82) is 0 Å². The highest BCUT2D eigenvalue weighted by atomic mass is 16.5. The normalized spacial score (nSPS) is 12.6. The average molecular weight is 377 g/mol. The van der Waals surface area contributed by atoms with Crippen molar-refractivity contribution in [2.45, 2.75) is 52.6 Å². The first kappa shape index (κ1) is 22.8. The number of hydrogen-bond acceptors (Lipinski definition) is 3. The number of nitrogens with zero attached hydrogens (tertiary/aromatic N) is 2. The van der Waals surface area contributed by atoms with Gasteiger partial charge in [0.15, 0.2) is 12.6 Å². The van der Waals surface area contributed by atoms with Gasteiger partial charge in [0.25, 0.3) is 5.91 Å². The smallest absolute Gasteiger partial charge is 0.259 e. The van der Waals surface area contributed by atoms with Crippen molar-refractivity contribution in [3.8, 4) is 5.75 Å². The van der Waals surface area contributed by atoms with Crippen molar-refractivity contribution in [2.75, 3.05) is 27.7 Å². The molecule has 1 aromatic rings. The van der Waals surface area contributed by atoms with Crippen LogP contribution in [0.25, 0.3) is 0 Å². The zero-order chi connectivity index (χ0) is 20.2. The number of guanidine groups is 1. The number of aliphatic imine (C=N–C) groups is 1. The lowest BCUT2D eigenvalue weighted by Crippen LogP contribution is -2.41. The Hall–Kier alpha value is -2.24. The summed E-state index contributed by atoms with van der Waals surface area (Å²) in [5, 5.41) is 6.77. The zero-order valence-corrected chi connectivity index (χ0v) is 17.7. The molecule has 2 N–H and O–H groups in total. The number of amides is 1. The molecule has 6 nitrogen and oxygen atoms in total. The predicted octanol–water partition coefficient (Wildman–Crippen LogP) is 3.03. The number of ether oxygens (including phenoxy) is 1. The molecule has 0 bridgehead atoms. The van der Waals surface area contributed by atoms with Gasteiger partial charge in [-0.25, -0.2) is 0 Å². The molecule has 0 aliphatic rings. The number of carbonyl (C=O) groups excluding carboxylic acids is 1. The van der Waals surface area contributed by atoms with Gasteiger partial charge in [0.2, 0.25) is 0 Å². The molecule has 6 heteroatoms. The van der Waals surface area contributed by atoms with E-state index < -0.39 is 0 Å². The van der Waals surface area contributed by atoms with Crippen LogP contribution in [0, 0.1) is 5.92 Å². The van der Waals surface area contributed by atoms with Crippen LogP contribution in [-0.2, 0) is 11.3 Å². The van der Waals surface area contributed by atoms with Gasteiger partial charge < -0.3 is 20.3 Å². The molecule has 1 amide bonds. The van der Waals surface area contributed by atoms with Crippen LogP contribution in [0.4, 0.5) is 0 Å². The van der Waals surface area contributed by atoms with Crippen LogP contribution in [0.1, 0.15) is 45.6 Å². The van der Waals surface area contributed by atoms with Crippen molar-refractivity contribution in [2.24, 2.45) is 10.9 Å². The molecule has 0 saturated carbocycles. The Kier molecular flexibility index (Phi) is 10.3. The number of hydrogen-bond donors (Lipinski definition) is 2. The van der Waals surface area contributed by atoms with Crippen LogP contribution in [0.15, 0.2) is 29.3 Å². The van der Waals surface area contributed by atoms with E-state index in [1.807, 2.05) is 24.3 Å². The van der Waals surface area contributed by atoms with Crippen molar-refractivity contribution < 1.29 is 9.53 Å². The Bertz CT molecular complexity index is 600. The molecule has 1 atom stereocenters. The minimum Gasteiger partial charge on any atom is -0.484 e. The second kappa shape index (κ2) is 12.2. The van der Waals surface area contributed by atoms with E-state index in [0.29, 0.717) is 18.3 Å². The van der Waals surface area contributed by atoms with Gasteiger partial charge in [-0.2, -0.15) is 0 Å². The van der Waals surface area contributed by atoms with Crippen LogP contribution in [0.2, 0.25) is 0 Å². The molecule has 0 heterocycles. The molecule has 0 radical (unpaired) electrons. The number of nitrogens with one attached hydrogen (secondary N) is 2. The topological polar surface area (TPSA) is 66.0 Å². The van der Waals surface area contributed by atoms with E-state index in [9.17, 15) is 4.79 Å². The lowest BCUT2D eigenvalue weighted by molar-refractivity contribution is -0.130. The van der Waals surface area contributed by atoms with Gasteiger partial charge in [-0.15, -0.1) is 0 Å². The van der Waals surface area contributed by atoms with E-state index in [0.717, 1.165) is 23.9 Å². The van der Waals surface area contributed by atoms with Crippen LogP contribution in [-0.4, -0.2) is 50.6 Å². The zero-order valence-electron chi connectivity index (χ0n) is 17.7. The average Bonchev–Trinajstić information content (AvgIpc) is 2.63. The highest BCUT2D eigenvalue weighted by Crippen LogP contribution is 2.13. The molecule has 0 aromatic heterocycles. The third-order valence-corrected chi connectivity index (χ3v) is 4.24.